The van der Waals surface area contributed by atoms with Crippen LogP contribution >= 0.6 is 11.6 Å². The molecule has 1 aliphatic heterocycles. The molecule has 0 aliphatic carbocycles. The standard InChI is InChI=1S/C18H21ClN2O3/c1-4-7-14-10-15(19)17(16(11-14)24-5-2)13(3)18(23)21-9-6-8-20(21)12-22/h10-13H,5-6,8-9H2,1-3H3. The summed E-state index contributed by atoms with van der Waals surface area (Å²) in [4.78, 5) is 23.9. The molecule has 2 rings (SSSR count). The van der Waals surface area contributed by atoms with Crippen molar-refractivity contribution in [3.8, 4) is 17.6 Å². The number of ether oxygens (including phenoxy) is 1. The molecule has 0 spiro atoms. The second kappa shape index (κ2) is 8.07. The van der Waals surface area contributed by atoms with Crippen LogP contribution in [0.25, 0.3) is 0 Å². The third kappa shape index (κ3) is 3.65. The van der Waals surface area contributed by atoms with Gasteiger partial charge in [-0.1, -0.05) is 17.5 Å². The normalized spacial score (nSPS) is 14.8. The molecular formula is C18H21ClN2O3. The first-order valence-electron chi connectivity index (χ1n) is 7.95. The maximum atomic E-state index is 12.8. The van der Waals surface area contributed by atoms with Gasteiger partial charge >= 0.3 is 0 Å². The summed E-state index contributed by atoms with van der Waals surface area (Å²) in [6.45, 7) is 6.94. The Kier molecular flexibility index (Phi) is 6.10. The molecule has 0 aromatic heterocycles. The van der Waals surface area contributed by atoms with Gasteiger partial charge in [0, 0.05) is 29.2 Å². The zero-order valence-corrected chi connectivity index (χ0v) is 14.9. The third-order valence-electron chi connectivity index (χ3n) is 3.91. The molecule has 1 atom stereocenters. The number of amides is 2. The molecule has 0 saturated carbocycles. The average molecular weight is 349 g/mol. The fourth-order valence-electron chi connectivity index (χ4n) is 2.83. The number of hydrazine groups is 1. The van der Waals surface area contributed by atoms with E-state index in [0.29, 0.717) is 42.4 Å². The lowest BCUT2D eigenvalue weighted by Gasteiger charge is -2.28. The fourth-order valence-corrected chi connectivity index (χ4v) is 3.20. The SMILES string of the molecule is CC#Cc1cc(Cl)c(C(C)C(=O)N2CCCN2C=O)c(OCC)c1. The second-order valence-electron chi connectivity index (χ2n) is 5.48. The maximum absolute atomic E-state index is 12.8. The molecule has 1 fully saturated rings. The van der Waals surface area contributed by atoms with E-state index < -0.39 is 5.92 Å². The second-order valence-corrected chi connectivity index (χ2v) is 5.89. The van der Waals surface area contributed by atoms with Gasteiger partial charge in [0.25, 0.3) is 0 Å². The van der Waals surface area contributed by atoms with Crippen molar-refractivity contribution >= 4 is 23.9 Å². The molecular weight excluding hydrogens is 328 g/mol. The molecule has 1 aliphatic rings. The van der Waals surface area contributed by atoms with Gasteiger partial charge in [0.15, 0.2) is 0 Å². The number of hydrogen-bond acceptors (Lipinski definition) is 3. The monoisotopic (exact) mass is 348 g/mol. The zero-order valence-electron chi connectivity index (χ0n) is 14.1. The Labute approximate surface area is 147 Å². The van der Waals surface area contributed by atoms with E-state index in [1.54, 1.807) is 26.0 Å². The van der Waals surface area contributed by atoms with Gasteiger partial charge in [0.1, 0.15) is 5.75 Å². The predicted molar refractivity (Wildman–Crippen MR) is 92.7 cm³/mol. The van der Waals surface area contributed by atoms with Crippen molar-refractivity contribution in [1.82, 2.24) is 10.0 Å². The number of halogens is 1. The fraction of sp³-hybridized carbons (Fsp3) is 0.444. The number of rotatable bonds is 5. The van der Waals surface area contributed by atoms with Gasteiger partial charge in [0.05, 0.1) is 12.5 Å². The number of hydrogen-bond donors (Lipinski definition) is 0. The minimum Gasteiger partial charge on any atom is -0.493 e. The minimum atomic E-state index is -0.525. The number of benzene rings is 1. The Hall–Kier alpha value is -2.19. The van der Waals surface area contributed by atoms with E-state index in [2.05, 4.69) is 11.8 Å². The quantitative estimate of drug-likeness (QED) is 0.607. The van der Waals surface area contributed by atoms with Crippen LogP contribution in [0, 0.1) is 11.8 Å². The van der Waals surface area contributed by atoms with Crippen molar-refractivity contribution in [2.24, 2.45) is 0 Å². The molecule has 1 saturated heterocycles. The van der Waals surface area contributed by atoms with Crippen LogP contribution in [0.2, 0.25) is 5.02 Å². The Bertz CT molecular complexity index is 693. The van der Waals surface area contributed by atoms with E-state index in [1.807, 2.05) is 6.92 Å². The highest BCUT2D eigenvalue weighted by molar-refractivity contribution is 6.32. The lowest BCUT2D eigenvalue weighted by atomic mass is 9.97. The van der Waals surface area contributed by atoms with Crippen LogP contribution < -0.4 is 4.74 Å². The van der Waals surface area contributed by atoms with Gasteiger partial charge in [-0.05, 0) is 39.3 Å². The van der Waals surface area contributed by atoms with Crippen LogP contribution in [0.1, 0.15) is 44.2 Å². The van der Waals surface area contributed by atoms with Gasteiger partial charge in [0.2, 0.25) is 12.3 Å². The van der Waals surface area contributed by atoms with E-state index in [4.69, 9.17) is 16.3 Å². The maximum Gasteiger partial charge on any atom is 0.248 e. The molecule has 5 nitrogen and oxygen atoms in total. The van der Waals surface area contributed by atoms with E-state index in [9.17, 15) is 9.59 Å². The molecule has 128 valence electrons. The molecule has 0 bridgehead atoms. The van der Waals surface area contributed by atoms with Crippen molar-refractivity contribution in [1.29, 1.82) is 0 Å². The largest absolute Gasteiger partial charge is 0.493 e. The molecule has 1 aromatic carbocycles. The summed E-state index contributed by atoms with van der Waals surface area (Å²) >= 11 is 6.42. The Morgan fingerprint density at radius 1 is 1.46 bits per heavy atom. The molecule has 24 heavy (non-hydrogen) atoms. The van der Waals surface area contributed by atoms with E-state index in [-0.39, 0.29) is 5.91 Å². The van der Waals surface area contributed by atoms with Gasteiger partial charge in [-0.25, -0.2) is 0 Å². The van der Waals surface area contributed by atoms with Crippen molar-refractivity contribution in [2.75, 3.05) is 19.7 Å². The van der Waals surface area contributed by atoms with Crippen LogP contribution in [0.3, 0.4) is 0 Å². The summed E-state index contributed by atoms with van der Waals surface area (Å²) in [5.74, 6) is 5.64. The topological polar surface area (TPSA) is 49.9 Å². The lowest BCUT2D eigenvalue weighted by molar-refractivity contribution is -0.151. The summed E-state index contributed by atoms with van der Waals surface area (Å²) in [6.07, 6.45) is 1.46. The zero-order chi connectivity index (χ0) is 17.7. The minimum absolute atomic E-state index is 0.170. The average Bonchev–Trinajstić information content (AvgIpc) is 3.02. The number of nitrogens with zero attached hydrogens (tertiary/aromatic N) is 2. The highest BCUT2D eigenvalue weighted by Gasteiger charge is 2.32. The highest BCUT2D eigenvalue weighted by atomic mass is 35.5. The van der Waals surface area contributed by atoms with Crippen LogP contribution in [0.15, 0.2) is 12.1 Å². The first-order valence-corrected chi connectivity index (χ1v) is 8.33. The summed E-state index contributed by atoms with van der Waals surface area (Å²) in [7, 11) is 0. The summed E-state index contributed by atoms with van der Waals surface area (Å²) in [5, 5.41) is 3.32. The van der Waals surface area contributed by atoms with Crippen molar-refractivity contribution < 1.29 is 14.3 Å². The van der Waals surface area contributed by atoms with Crippen LogP contribution in [0.4, 0.5) is 0 Å². The predicted octanol–water partition coefficient (Wildman–Crippen LogP) is 2.82. The third-order valence-corrected chi connectivity index (χ3v) is 4.22. The van der Waals surface area contributed by atoms with E-state index in [0.717, 1.165) is 12.0 Å². The number of carbonyl (C=O) groups excluding carboxylic acids is 2. The molecule has 1 heterocycles. The first-order chi connectivity index (χ1) is 11.5. The molecule has 0 N–H and O–H groups in total. The Balaban J connectivity index is 2.39. The van der Waals surface area contributed by atoms with Crippen molar-refractivity contribution in [3.05, 3.63) is 28.3 Å². The number of carbonyl (C=O) groups is 2. The van der Waals surface area contributed by atoms with Crippen LogP contribution in [-0.4, -0.2) is 42.0 Å². The van der Waals surface area contributed by atoms with Gasteiger partial charge < -0.3 is 4.74 Å². The van der Waals surface area contributed by atoms with E-state index in [1.165, 1.54) is 10.0 Å². The highest BCUT2D eigenvalue weighted by Crippen LogP contribution is 2.36. The van der Waals surface area contributed by atoms with Crippen molar-refractivity contribution in [3.63, 3.8) is 0 Å². The summed E-state index contributed by atoms with van der Waals surface area (Å²) in [6, 6.07) is 3.54. The molecule has 6 heteroatoms. The Morgan fingerprint density at radius 3 is 2.83 bits per heavy atom. The lowest BCUT2D eigenvalue weighted by Crippen LogP contribution is -2.42. The van der Waals surface area contributed by atoms with Gasteiger partial charge in [-0.15, -0.1) is 5.92 Å². The Morgan fingerprint density at radius 2 is 2.21 bits per heavy atom. The van der Waals surface area contributed by atoms with Gasteiger partial charge in [-0.3, -0.25) is 19.6 Å². The van der Waals surface area contributed by atoms with Crippen LogP contribution in [-0.2, 0) is 9.59 Å². The molecule has 0 radical (unpaired) electrons. The van der Waals surface area contributed by atoms with E-state index >= 15 is 0 Å². The first kappa shape index (κ1) is 18.2. The summed E-state index contributed by atoms with van der Waals surface area (Å²) < 4.78 is 5.69. The molecule has 1 aromatic rings. The smallest absolute Gasteiger partial charge is 0.248 e. The summed E-state index contributed by atoms with van der Waals surface area (Å²) in [5.41, 5.74) is 1.37. The molecule has 2 amide bonds. The van der Waals surface area contributed by atoms with Gasteiger partial charge in [-0.2, -0.15) is 0 Å². The van der Waals surface area contributed by atoms with Crippen molar-refractivity contribution in [2.45, 2.75) is 33.1 Å². The molecule has 1 unspecified atom stereocenters. The van der Waals surface area contributed by atoms with Crippen LogP contribution in [0.5, 0.6) is 5.75 Å².